The van der Waals surface area contributed by atoms with Gasteiger partial charge in [0.15, 0.2) is 0 Å². The Morgan fingerprint density at radius 2 is 1.33 bits per heavy atom. The quantitative estimate of drug-likeness (QED) is 0.588. The summed E-state index contributed by atoms with van der Waals surface area (Å²) in [5.74, 6) is 0.161. The molecule has 0 bridgehead atoms. The normalized spacial score (nSPS) is 20.6. The fraction of sp³-hybridized carbons (Fsp3) is 0.231. The Bertz CT molecular complexity index is 1020. The van der Waals surface area contributed by atoms with Crippen LogP contribution in [0.1, 0.15) is 43.5 Å². The fourth-order valence-corrected chi connectivity index (χ4v) is 4.35. The average molecular weight is 399 g/mol. The van der Waals surface area contributed by atoms with Crippen LogP contribution in [-0.2, 0) is 4.79 Å². The van der Waals surface area contributed by atoms with Crippen molar-refractivity contribution in [2.45, 2.75) is 32.4 Å². The lowest BCUT2D eigenvalue weighted by molar-refractivity contribution is -0.137. The number of likely N-dealkylation sites (tertiary alicyclic amines) is 1. The highest BCUT2D eigenvalue weighted by Crippen LogP contribution is 2.49. The number of nitrogens with zero attached hydrogens (tertiary/aromatic N) is 1. The van der Waals surface area contributed by atoms with E-state index < -0.39 is 5.41 Å². The largest absolute Gasteiger partial charge is 0.322 e. The second-order valence-corrected chi connectivity index (χ2v) is 8.29. The van der Waals surface area contributed by atoms with Gasteiger partial charge in [-0.15, -0.1) is 0 Å². The standard InChI is InChI=1S/C26H26N2O2/c1-26(2)23(29)18-22(19-12-6-3-7-13-19)28(24(26)20-14-8-4-9-15-20)25(30)27-21-16-10-5-11-17-21/h3-17,22,24H,18H2,1-2H3,(H,27,30)/t22-,24-/m0/s1. The highest BCUT2D eigenvalue weighted by molar-refractivity contribution is 5.94. The van der Waals surface area contributed by atoms with E-state index in [0.717, 1.165) is 16.8 Å². The summed E-state index contributed by atoms with van der Waals surface area (Å²) in [5, 5.41) is 3.04. The van der Waals surface area contributed by atoms with Crippen LogP contribution in [0.5, 0.6) is 0 Å². The van der Waals surface area contributed by atoms with Crippen molar-refractivity contribution in [3.8, 4) is 0 Å². The highest BCUT2D eigenvalue weighted by Gasteiger charge is 2.50. The summed E-state index contributed by atoms with van der Waals surface area (Å²) in [6.07, 6.45) is 0.294. The molecule has 4 nitrogen and oxygen atoms in total. The maximum absolute atomic E-state index is 13.6. The number of amides is 2. The molecule has 1 fully saturated rings. The van der Waals surface area contributed by atoms with Crippen LogP contribution in [0.2, 0.25) is 0 Å². The van der Waals surface area contributed by atoms with Crippen LogP contribution in [0.15, 0.2) is 91.0 Å². The fourth-order valence-electron chi connectivity index (χ4n) is 4.35. The van der Waals surface area contributed by atoms with Crippen LogP contribution in [-0.4, -0.2) is 16.7 Å². The summed E-state index contributed by atoms with van der Waals surface area (Å²) in [7, 11) is 0. The number of rotatable bonds is 3. The van der Waals surface area contributed by atoms with Crippen molar-refractivity contribution in [1.29, 1.82) is 0 Å². The third-order valence-corrected chi connectivity index (χ3v) is 5.95. The van der Waals surface area contributed by atoms with E-state index in [4.69, 9.17) is 0 Å². The molecule has 0 saturated carbocycles. The Kier molecular flexibility index (Phi) is 5.40. The molecule has 4 rings (SSSR count). The number of Topliss-reactive ketones (excluding diaryl/α,β-unsaturated/α-hetero) is 1. The van der Waals surface area contributed by atoms with Gasteiger partial charge in [-0.2, -0.15) is 0 Å². The van der Waals surface area contributed by atoms with Crippen LogP contribution in [0.4, 0.5) is 10.5 Å². The average Bonchev–Trinajstić information content (AvgIpc) is 2.77. The predicted octanol–water partition coefficient (Wildman–Crippen LogP) is 6.00. The maximum atomic E-state index is 13.6. The monoisotopic (exact) mass is 398 g/mol. The molecule has 0 radical (unpaired) electrons. The number of benzene rings is 3. The number of para-hydroxylation sites is 1. The molecule has 0 aliphatic carbocycles. The molecular formula is C26H26N2O2. The van der Waals surface area contributed by atoms with Gasteiger partial charge in [0, 0.05) is 17.5 Å². The van der Waals surface area contributed by atoms with E-state index in [0.29, 0.717) is 6.42 Å². The van der Waals surface area contributed by atoms with E-state index >= 15 is 0 Å². The third-order valence-electron chi connectivity index (χ3n) is 5.95. The summed E-state index contributed by atoms with van der Waals surface area (Å²) < 4.78 is 0. The molecule has 3 aromatic rings. The van der Waals surface area contributed by atoms with Crippen molar-refractivity contribution in [3.63, 3.8) is 0 Å². The minimum Gasteiger partial charge on any atom is -0.309 e. The molecule has 2 atom stereocenters. The first kappa shape index (κ1) is 19.9. The molecule has 2 amide bonds. The smallest absolute Gasteiger partial charge is 0.309 e. The molecule has 1 saturated heterocycles. The van der Waals surface area contributed by atoms with E-state index in [1.807, 2.05) is 110 Å². The van der Waals surface area contributed by atoms with Gasteiger partial charge < -0.3 is 10.2 Å². The predicted molar refractivity (Wildman–Crippen MR) is 119 cm³/mol. The number of ketones is 1. The number of nitrogens with one attached hydrogen (secondary N) is 1. The van der Waals surface area contributed by atoms with Gasteiger partial charge in [0.25, 0.3) is 0 Å². The minimum absolute atomic E-state index is 0.161. The van der Waals surface area contributed by atoms with Gasteiger partial charge >= 0.3 is 6.03 Å². The first-order valence-corrected chi connectivity index (χ1v) is 10.3. The Balaban J connectivity index is 1.82. The molecular weight excluding hydrogens is 372 g/mol. The number of urea groups is 1. The molecule has 1 aliphatic rings. The third kappa shape index (κ3) is 3.73. The number of hydrogen-bond acceptors (Lipinski definition) is 2. The molecule has 152 valence electrons. The van der Waals surface area contributed by atoms with Gasteiger partial charge in [-0.05, 0) is 23.3 Å². The van der Waals surface area contributed by atoms with Gasteiger partial charge in [-0.1, -0.05) is 92.7 Å². The van der Waals surface area contributed by atoms with Gasteiger partial charge in [-0.3, -0.25) is 4.79 Å². The molecule has 30 heavy (non-hydrogen) atoms. The van der Waals surface area contributed by atoms with E-state index in [9.17, 15) is 9.59 Å². The lowest BCUT2D eigenvalue weighted by Crippen LogP contribution is -2.53. The second kappa shape index (κ2) is 8.15. The topological polar surface area (TPSA) is 49.4 Å². The first-order chi connectivity index (χ1) is 14.5. The zero-order chi connectivity index (χ0) is 21.1. The van der Waals surface area contributed by atoms with Crippen molar-refractivity contribution < 1.29 is 9.59 Å². The zero-order valence-corrected chi connectivity index (χ0v) is 17.3. The molecule has 0 spiro atoms. The van der Waals surface area contributed by atoms with Crippen molar-refractivity contribution in [1.82, 2.24) is 4.90 Å². The molecule has 1 aliphatic heterocycles. The van der Waals surface area contributed by atoms with E-state index in [1.165, 1.54) is 0 Å². The van der Waals surface area contributed by atoms with E-state index in [2.05, 4.69) is 5.32 Å². The number of carbonyl (C=O) groups is 2. The summed E-state index contributed by atoms with van der Waals surface area (Å²) in [5.41, 5.74) is 1.95. The summed E-state index contributed by atoms with van der Waals surface area (Å²) >= 11 is 0. The highest BCUT2D eigenvalue weighted by atomic mass is 16.2. The molecule has 1 heterocycles. The van der Waals surface area contributed by atoms with Crippen LogP contribution < -0.4 is 5.32 Å². The molecule has 0 unspecified atom stereocenters. The Morgan fingerprint density at radius 3 is 1.90 bits per heavy atom. The zero-order valence-electron chi connectivity index (χ0n) is 17.3. The van der Waals surface area contributed by atoms with Gasteiger partial charge in [0.05, 0.1) is 12.1 Å². The SMILES string of the molecule is CC1(C)C(=O)C[C@@H](c2ccccc2)N(C(=O)Nc2ccccc2)[C@H]1c1ccccc1. The minimum atomic E-state index is -0.708. The Morgan fingerprint density at radius 1 is 0.833 bits per heavy atom. The molecule has 3 aromatic carbocycles. The van der Waals surface area contributed by atoms with Crippen molar-refractivity contribution in [2.24, 2.45) is 5.41 Å². The van der Waals surface area contributed by atoms with Crippen LogP contribution in [0.25, 0.3) is 0 Å². The van der Waals surface area contributed by atoms with Gasteiger partial charge in [0.2, 0.25) is 0 Å². The van der Waals surface area contributed by atoms with Crippen molar-refractivity contribution in [3.05, 3.63) is 102 Å². The lowest BCUT2D eigenvalue weighted by atomic mass is 9.70. The lowest BCUT2D eigenvalue weighted by Gasteiger charge is -2.49. The summed E-state index contributed by atoms with van der Waals surface area (Å²) in [6, 6.07) is 28.2. The molecule has 1 N–H and O–H groups in total. The number of hydrogen-bond donors (Lipinski definition) is 1. The maximum Gasteiger partial charge on any atom is 0.322 e. The van der Waals surface area contributed by atoms with Crippen LogP contribution >= 0.6 is 0 Å². The van der Waals surface area contributed by atoms with Gasteiger partial charge in [0.1, 0.15) is 5.78 Å². The van der Waals surface area contributed by atoms with Crippen molar-refractivity contribution >= 4 is 17.5 Å². The molecule has 0 aromatic heterocycles. The number of anilines is 1. The van der Waals surface area contributed by atoms with Crippen molar-refractivity contribution in [2.75, 3.05) is 5.32 Å². The van der Waals surface area contributed by atoms with Gasteiger partial charge in [-0.25, -0.2) is 4.79 Å². The van der Waals surface area contributed by atoms with E-state index in [-0.39, 0.29) is 23.9 Å². The summed E-state index contributed by atoms with van der Waals surface area (Å²) in [4.78, 5) is 28.7. The number of carbonyl (C=O) groups excluding carboxylic acids is 2. The second-order valence-electron chi connectivity index (χ2n) is 8.29. The van der Waals surface area contributed by atoms with Crippen LogP contribution in [0, 0.1) is 5.41 Å². The first-order valence-electron chi connectivity index (χ1n) is 10.3. The van der Waals surface area contributed by atoms with Crippen LogP contribution in [0.3, 0.4) is 0 Å². The number of piperidine rings is 1. The van der Waals surface area contributed by atoms with E-state index in [1.54, 1.807) is 0 Å². The Labute approximate surface area is 177 Å². The Hall–Kier alpha value is -3.40. The molecule has 4 heteroatoms. The summed E-state index contributed by atoms with van der Waals surface area (Å²) in [6.45, 7) is 3.88.